The molecule has 3 rings (SSSR count). The lowest BCUT2D eigenvalue weighted by Crippen LogP contribution is -2.58. The standard InChI is InChI=1S/C25H27N3O7/c1-15-14-27(2)24(32)21(22(15)31)28(25(33)26-11-10-20(29)30)17-12-18(16-8-6-5-7-9-16)23(35-4)19(13-17)34-3/h5-9,12-14,21H,10-11H2,1-4H3,(H,26,33)(H,29,30)/t21-/m0/s1. The van der Waals surface area contributed by atoms with Crippen molar-refractivity contribution in [3.05, 3.63) is 54.2 Å². The van der Waals surface area contributed by atoms with Gasteiger partial charge in [0.1, 0.15) is 0 Å². The monoisotopic (exact) mass is 481 g/mol. The zero-order valence-electron chi connectivity index (χ0n) is 19.9. The number of ketones is 1. The lowest BCUT2D eigenvalue weighted by atomic mass is 9.98. The van der Waals surface area contributed by atoms with Gasteiger partial charge < -0.3 is 24.8 Å². The zero-order chi connectivity index (χ0) is 25.7. The third-order valence-electron chi connectivity index (χ3n) is 5.52. The maximum atomic E-state index is 13.3. The molecule has 2 aromatic rings. The molecule has 1 atom stereocenters. The SMILES string of the molecule is COc1cc(N(C(=O)NCCC(=O)O)[C@H]2C(=O)C(C)=CN(C)C2=O)cc(-c2ccccc2)c1OC. The van der Waals surface area contributed by atoms with E-state index in [1.54, 1.807) is 13.0 Å². The molecule has 0 bridgehead atoms. The maximum absolute atomic E-state index is 13.3. The van der Waals surface area contributed by atoms with Gasteiger partial charge in [-0.2, -0.15) is 0 Å². The number of rotatable bonds is 8. The number of aliphatic carboxylic acids is 1. The van der Waals surface area contributed by atoms with E-state index in [2.05, 4.69) is 5.32 Å². The lowest BCUT2D eigenvalue weighted by molar-refractivity contribution is -0.137. The Balaban J connectivity index is 2.20. The van der Waals surface area contributed by atoms with Gasteiger partial charge in [0.15, 0.2) is 23.3 Å². The Hall–Kier alpha value is -4.34. The van der Waals surface area contributed by atoms with Crippen LogP contribution < -0.4 is 19.7 Å². The van der Waals surface area contributed by atoms with Gasteiger partial charge in [0.05, 0.1) is 26.3 Å². The summed E-state index contributed by atoms with van der Waals surface area (Å²) in [6, 6.07) is 10.0. The number of hydrogen-bond acceptors (Lipinski definition) is 6. The van der Waals surface area contributed by atoms with E-state index in [1.165, 1.54) is 38.4 Å². The van der Waals surface area contributed by atoms with E-state index in [1.807, 2.05) is 30.3 Å². The second-order valence-corrected chi connectivity index (χ2v) is 7.87. The van der Waals surface area contributed by atoms with Crippen LogP contribution in [0.3, 0.4) is 0 Å². The van der Waals surface area contributed by atoms with Crippen LogP contribution in [-0.2, 0) is 14.4 Å². The summed E-state index contributed by atoms with van der Waals surface area (Å²) in [6.07, 6.45) is 1.08. The number of likely N-dealkylation sites (N-methyl/N-ethyl adjacent to an activating group) is 1. The van der Waals surface area contributed by atoms with Crippen LogP contribution in [0.4, 0.5) is 10.5 Å². The summed E-state index contributed by atoms with van der Waals surface area (Å²) in [6.45, 7) is 1.37. The molecule has 2 aromatic carbocycles. The van der Waals surface area contributed by atoms with Crippen LogP contribution in [0.1, 0.15) is 13.3 Å². The van der Waals surface area contributed by atoms with Crippen LogP contribution in [0.25, 0.3) is 11.1 Å². The van der Waals surface area contributed by atoms with Crippen molar-refractivity contribution in [2.24, 2.45) is 0 Å². The minimum absolute atomic E-state index is 0.191. The van der Waals surface area contributed by atoms with Crippen molar-refractivity contribution < 1.29 is 33.8 Å². The molecule has 0 radical (unpaired) electrons. The van der Waals surface area contributed by atoms with Crippen molar-refractivity contribution in [3.8, 4) is 22.6 Å². The lowest BCUT2D eigenvalue weighted by Gasteiger charge is -2.35. The second kappa shape index (κ2) is 10.7. The molecule has 1 aliphatic rings. The Labute approximate surface area is 202 Å². The van der Waals surface area contributed by atoms with Gasteiger partial charge in [0.2, 0.25) is 0 Å². The zero-order valence-corrected chi connectivity index (χ0v) is 19.9. The predicted octanol–water partition coefficient (Wildman–Crippen LogP) is 2.68. The number of benzene rings is 2. The number of carbonyl (C=O) groups excluding carboxylic acids is 3. The maximum Gasteiger partial charge on any atom is 0.323 e. The van der Waals surface area contributed by atoms with E-state index in [-0.39, 0.29) is 24.4 Å². The van der Waals surface area contributed by atoms with Crippen molar-refractivity contribution in [3.63, 3.8) is 0 Å². The van der Waals surface area contributed by atoms with Crippen molar-refractivity contribution in [1.82, 2.24) is 10.2 Å². The number of ether oxygens (including phenoxy) is 2. The molecule has 1 heterocycles. The van der Waals surface area contributed by atoms with Crippen LogP contribution in [0.15, 0.2) is 54.2 Å². The van der Waals surface area contributed by atoms with Crippen molar-refractivity contribution in [2.75, 3.05) is 32.7 Å². The fourth-order valence-corrected chi connectivity index (χ4v) is 3.83. The van der Waals surface area contributed by atoms with Gasteiger partial charge in [-0.25, -0.2) is 4.79 Å². The Kier molecular flexibility index (Phi) is 7.75. The molecule has 3 amide bonds. The highest BCUT2D eigenvalue weighted by Crippen LogP contribution is 2.42. The average molecular weight is 482 g/mol. The summed E-state index contributed by atoms with van der Waals surface area (Å²) in [5.74, 6) is -1.56. The Morgan fingerprint density at radius 2 is 1.80 bits per heavy atom. The van der Waals surface area contributed by atoms with Crippen LogP contribution in [-0.4, -0.2) is 67.6 Å². The fraction of sp³-hybridized carbons (Fsp3) is 0.280. The van der Waals surface area contributed by atoms with Crippen LogP contribution in [0, 0.1) is 0 Å². The molecule has 184 valence electrons. The molecular formula is C25H27N3O7. The van der Waals surface area contributed by atoms with Gasteiger partial charge in [-0.05, 0) is 18.6 Å². The van der Waals surface area contributed by atoms with Crippen LogP contribution in [0.5, 0.6) is 11.5 Å². The molecule has 35 heavy (non-hydrogen) atoms. The molecule has 0 saturated heterocycles. The first-order valence-corrected chi connectivity index (χ1v) is 10.8. The molecule has 0 unspecified atom stereocenters. The molecule has 0 fully saturated rings. The molecule has 10 nitrogen and oxygen atoms in total. The molecule has 2 N–H and O–H groups in total. The normalized spacial score (nSPS) is 15.4. The highest BCUT2D eigenvalue weighted by atomic mass is 16.5. The number of carboxylic acid groups (broad SMARTS) is 1. The minimum atomic E-state index is -1.49. The van der Waals surface area contributed by atoms with Gasteiger partial charge in [0, 0.05) is 37.0 Å². The number of carboxylic acids is 1. The first-order valence-electron chi connectivity index (χ1n) is 10.8. The summed E-state index contributed by atoms with van der Waals surface area (Å²) >= 11 is 0. The second-order valence-electron chi connectivity index (χ2n) is 7.87. The van der Waals surface area contributed by atoms with Gasteiger partial charge in [-0.1, -0.05) is 30.3 Å². The average Bonchev–Trinajstić information content (AvgIpc) is 2.84. The van der Waals surface area contributed by atoms with E-state index in [0.717, 1.165) is 10.5 Å². The number of nitrogens with zero attached hydrogens (tertiary/aromatic N) is 2. The largest absolute Gasteiger partial charge is 0.493 e. The van der Waals surface area contributed by atoms with Gasteiger partial charge in [0.25, 0.3) is 5.91 Å². The third kappa shape index (κ3) is 5.26. The smallest absolute Gasteiger partial charge is 0.323 e. The molecular weight excluding hydrogens is 454 g/mol. The summed E-state index contributed by atoms with van der Waals surface area (Å²) in [7, 11) is 4.42. The number of urea groups is 1. The number of Topliss-reactive ketones (excluding diaryl/α,β-unsaturated/α-hetero) is 1. The van der Waals surface area contributed by atoms with E-state index in [9.17, 15) is 19.2 Å². The molecule has 0 spiro atoms. The Morgan fingerprint density at radius 3 is 2.40 bits per heavy atom. The summed E-state index contributed by atoms with van der Waals surface area (Å²) < 4.78 is 11.1. The highest BCUT2D eigenvalue weighted by Gasteiger charge is 2.42. The molecule has 0 aliphatic carbocycles. The molecule has 0 aromatic heterocycles. The number of nitrogens with one attached hydrogen (secondary N) is 1. The van der Waals surface area contributed by atoms with Crippen LogP contribution >= 0.6 is 0 Å². The van der Waals surface area contributed by atoms with Gasteiger partial charge in [-0.15, -0.1) is 0 Å². The van der Waals surface area contributed by atoms with E-state index in [4.69, 9.17) is 14.6 Å². The van der Waals surface area contributed by atoms with E-state index >= 15 is 0 Å². The summed E-state index contributed by atoms with van der Waals surface area (Å²) in [5.41, 5.74) is 1.82. The highest BCUT2D eigenvalue weighted by molar-refractivity contribution is 6.21. The topological polar surface area (TPSA) is 125 Å². The van der Waals surface area contributed by atoms with E-state index < -0.39 is 29.7 Å². The number of amides is 3. The van der Waals surface area contributed by atoms with Crippen molar-refractivity contribution >= 4 is 29.4 Å². The predicted molar refractivity (Wildman–Crippen MR) is 128 cm³/mol. The number of methoxy groups -OCH3 is 2. The summed E-state index contributed by atoms with van der Waals surface area (Å²) in [4.78, 5) is 52.8. The molecule has 1 aliphatic heterocycles. The van der Waals surface area contributed by atoms with Gasteiger partial charge in [-0.3, -0.25) is 19.3 Å². The first kappa shape index (κ1) is 25.3. The number of hydrogen-bond donors (Lipinski definition) is 2. The van der Waals surface area contributed by atoms with Crippen molar-refractivity contribution in [2.45, 2.75) is 19.4 Å². The fourth-order valence-electron chi connectivity index (χ4n) is 3.83. The Morgan fingerprint density at radius 1 is 1.11 bits per heavy atom. The molecule has 10 heteroatoms. The number of anilines is 1. The Bertz CT molecular complexity index is 1180. The first-order chi connectivity index (χ1) is 16.7. The quantitative estimate of drug-likeness (QED) is 0.555. The summed E-state index contributed by atoms with van der Waals surface area (Å²) in [5, 5.41) is 11.5. The third-order valence-corrected chi connectivity index (χ3v) is 5.52. The minimum Gasteiger partial charge on any atom is -0.493 e. The van der Waals surface area contributed by atoms with Gasteiger partial charge >= 0.3 is 12.0 Å². The molecule has 0 saturated carbocycles. The van der Waals surface area contributed by atoms with E-state index in [0.29, 0.717) is 16.9 Å². The van der Waals surface area contributed by atoms with Crippen molar-refractivity contribution in [1.29, 1.82) is 0 Å². The number of carbonyl (C=O) groups is 4. The van der Waals surface area contributed by atoms with Crippen LogP contribution in [0.2, 0.25) is 0 Å².